The van der Waals surface area contributed by atoms with Gasteiger partial charge in [-0.1, -0.05) is 12.1 Å². The van der Waals surface area contributed by atoms with E-state index < -0.39 is 4.92 Å². The van der Waals surface area contributed by atoms with Crippen LogP contribution in [-0.2, 0) is 0 Å². The molecule has 4 heteroatoms. The van der Waals surface area contributed by atoms with Crippen LogP contribution in [0.1, 0.15) is 5.56 Å². The van der Waals surface area contributed by atoms with Crippen LogP contribution in [0, 0.1) is 17.0 Å². The molecule has 0 heterocycles. The van der Waals surface area contributed by atoms with E-state index in [1.165, 1.54) is 6.07 Å². The number of nitro groups is 1. The summed E-state index contributed by atoms with van der Waals surface area (Å²) in [4.78, 5) is 9.76. The molecule has 0 aliphatic rings. The number of nitro benzene ring substituents is 1. The molecule has 1 aromatic carbocycles. The molecule has 3 nitrogen and oxygen atoms in total. The number of nitrogens with zero attached hydrogens (tertiary/aromatic N) is 1. The molecule has 0 saturated carbocycles. The van der Waals surface area contributed by atoms with Crippen LogP contribution in [0.2, 0.25) is 0 Å². The Labute approximate surface area is 86.9 Å². The van der Waals surface area contributed by atoms with Gasteiger partial charge in [-0.15, -0.1) is 0 Å². The minimum absolute atomic E-state index is 0. The van der Waals surface area contributed by atoms with Crippen LogP contribution in [0.15, 0.2) is 24.3 Å². The molecule has 0 aliphatic heterocycles. The van der Waals surface area contributed by atoms with Crippen LogP contribution in [0.3, 0.4) is 0 Å². The normalized spacial score (nSPS) is 8.45. The molecule has 0 bridgehead atoms. The van der Waals surface area contributed by atoms with Gasteiger partial charge in [0.1, 0.15) is 0 Å². The van der Waals surface area contributed by atoms with Gasteiger partial charge in [-0.25, -0.2) is 0 Å². The average molecular weight is 160 g/mol. The van der Waals surface area contributed by atoms with Crippen molar-refractivity contribution in [2.45, 2.75) is 6.92 Å². The number of aryl methyl sites for hydroxylation is 1. The molecule has 0 amide bonds. The summed E-state index contributed by atoms with van der Waals surface area (Å²) >= 11 is 0. The topological polar surface area (TPSA) is 43.1 Å². The quantitative estimate of drug-likeness (QED) is 0.355. The van der Waals surface area contributed by atoms with Gasteiger partial charge in [0.15, 0.2) is 0 Å². The number of hydrogen-bond acceptors (Lipinski definition) is 2. The minimum Gasteiger partial charge on any atom is -0.258 e. The van der Waals surface area contributed by atoms with E-state index in [4.69, 9.17) is 0 Å². The van der Waals surface area contributed by atoms with E-state index in [9.17, 15) is 10.1 Å². The van der Waals surface area contributed by atoms with Crippen LogP contribution in [0.4, 0.5) is 5.69 Å². The fraction of sp³-hybridized carbons (Fsp3) is 0.143. The van der Waals surface area contributed by atoms with E-state index in [0.717, 1.165) is 5.56 Å². The van der Waals surface area contributed by atoms with Gasteiger partial charge in [-0.2, -0.15) is 0 Å². The molecule has 0 aliphatic carbocycles. The summed E-state index contributed by atoms with van der Waals surface area (Å²) in [6, 6.07) is 6.52. The summed E-state index contributed by atoms with van der Waals surface area (Å²) < 4.78 is 0. The summed E-state index contributed by atoms with van der Waals surface area (Å²) in [5.74, 6) is 0. The third kappa shape index (κ3) is 3.01. The molecular weight excluding hydrogens is 153 g/mol. The molecule has 1 radical (unpaired) electrons. The molecule has 53 valence electrons. The summed E-state index contributed by atoms with van der Waals surface area (Å²) in [5.41, 5.74) is 1.06. The van der Waals surface area contributed by atoms with Gasteiger partial charge in [0.25, 0.3) is 5.69 Å². The van der Waals surface area contributed by atoms with Crippen LogP contribution < -0.4 is 0 Å². The van der Waals surface area contributed by atoms with Crippen molar-refractivity contribution in [1.29, 1.82) is 0 Å². The average Bonchev–Trinajstić information content (AvgIpc) is 1.88. The molecule has 0 atom stereocenters. The number of benzene rings is 1. The van der Waals surface area contributed by atoms with Gasteiger partial charge in [0.05, 0.1) is 4.92 Å². The second kappa shape index (κ2) is 4.49. The van der Waals surface area contributed by atoms with E-state index in [-0.39, 0.29) is 35.2 Å². The number of non-ortho nitro benzene ring substituents is 1. The van der Waals surface area contributed by atoms with Crippen molar-refractivity contribution >= 4 is 35.2 Å². The molecule has 0 spiro atoms. The first kappa shape index (κ1) is 10.6. The molecule has 1 rings (SSSR count). The third-order valence-corrected chi connectivity index (χ3v) is 1.21. The summed E-state index contributed by atoms with van der Waals surface area (Å²) in [6.07, 6.45) is 0. The van der Waals surface area contributed by atoms with E-state index in [2.05, 4.69) is 0 Å². The molecule has 1 aromatic rings. The fourth-order valence-electron chi connectivity index (χ4n) is 0.742. The van der Waals surface area contributed by atoms with E-state index in [0.29, 0.717) is 0 Å². The van der Waals surface area contributed by atoms with E-state index in [1.807, 2.05) is 13.0 Å². The Morgan fingerprint density at radius 2 is 2.09 bits per heavy atom. The predicted octanol–water partition coefficient (Wildman–Crippen LogP) is 1.52. The van der Waals surface area contributed by atoms with Crippen molar-refractivity contribution in [3.63, 3.8) is 0 Å². The van der Waals surface area contributed by atoms with E-state index >= 15 is 0 Å². The monoisotopic (exact) mass is 160 g/mol. The summed E-state index contributed by atoms with van der Waals surface area (Å²) in [5, 5.41) is 10.2. The van der Waals surface area contributed by atoms with Crippen molar-refractivity contribution in [1.82, 2.24) is 0 Å². The predicted molar refractivity (Wildman–Crippen MR) is 43.6 cm³/mol. The zero-order valence-corrected chi connectivity index (χ0v) is 8.57. The second-order valence-corrected chi connectivity index (χ2v) is 2.10. The van der Waals surface area contributed by atoms with E-state index in [1.54, 1.807) is 12.1 Å². The van der Waals surface area contributed by atoms with Gasteiger partial charge in [-0.3, -0.25) is 10.1 Å². The van der Waals surface area contributed by atoms with Gasteiger partial charge in [0.2, 0.25) is 0 Å². The number of rotatable bonds is 1. The van der Waals surface area contributed by atoms with Crippen LogP contribution in [0.5, 0.6) is 0 Å². The van der Waals surface area contributed by atoms with Crippen molar-refractivity contribution in [3.05, 3.63) is 39.9 Å². The molecule has 0 aromatic heterocycles. The van der Waals surface area contributed by atoms with Gasteiger partial charge >= 0.3 is 0 Å². The zero-order chi connectivity index (χ0) is 7.56. The Bertz CT molecular complexity index is 262. The maximum atomic E-state index is 10.2. The molecule has 0 unspecified atom stereocenters. The first-order valence-corrected chi connectivity index (χ1v) is 2.91. The minimum atomic E-state index is -0.396. The second-order valence-electron chi connectivity index (χ2n) is 2.10. The SMILES string of the molecule is Cc1cccc([N+](=O)[O-])c1.[Na]. The van der Waals surface area contributed by atoms with Gasteiger partial charge < -0.3 is 0 Å². The standard InChI is InChI=1S/C7H7NO2.Na/c1-6-3-2-4-7(5-6)8(9)10;/h2-5H,1H3;. The van der Waals surface area contributed by atoms with Crippen molar-refractivity contribution in [2.75, 3.05) is 0 Å². The third-order valence-electron chi connectivity index (χ3n) is 1.21. The van der Waals surface area contributed by atoms with Crippen LogP contribution >= 0.6 is 0 Å². The Hall–Kier alpha value is -0.380. The first-order valence-electron chi connectivity index (χ1n) is 2.91. The largest absolute Gasteiger partial charge is 0.269 e. The Morgan fingerprint density at radius 3 is 2.45 bits per heavy atom. The molecule has 0 fully saturated rings. The van der Waals surface area contributed by atoms with Crippen molar-refractivity contribution < 1.29 is 4.92 Å². The van der Waals surface area contributed by atoms with Crippen LogP contribution in [0.25, 0.3) is 0 Å². The number of hydrogen-bond donors (Lipinski definition) is 0. The van der Waals surface area contributed by atoms with Crippen molar-refractivity contribution in [3.8, 4) is 0 Å². The smallest absolute Gasteiger partial charge is 0.258 e. The Balaban J connectivity index is 0.000001000. The first-order chi connectivity index (χ1) is 4.70. The fourth-order valence-corrected chi connectivity index (χ4v) is 0.742. The molecule has 0 N–H and O–H groups in total. The van der Waals surface area contributed by atoms with Gasteiger partial charge in [0, 0.05) is 41.7 Å². The Kier molecular flexibility index (Phi) is 4.33. The maximum absolute atomic E-state index is 10.2. The maximum Gasteiger partial charge on any atom is 0.269 e. The van der Waals surface area contributed by atoms with Crippen LogP contribution in [-0.4, -0.2) is 34.5 Å². The van der Waals surface area contributed by atoms with Gasteiger partial charge in [-0.05, 0) is 12.5 Å². The van der Waals surface area contributed by atoms with Crippen molar-refractivity contribution in [2.24, 2.45) is 0 Å². The Morgan fingerprint density at radius 1 is 1.45 bits per heavy atom. The summed E-state index contributed by atoms with van der Waals surface area (Å²) in [6.45, 7) is 1.83. The summed E-state index contributed by atoms with van der Waals surface area (Å²) in [7, 11) is 0. The zero-order valence-electron chi connectivity index (χ0n) is 6.57. The molecular formula is C7H7NNaO2. The molecule has 0 saturated heterocycles. The molecule has 11 heavy (non-hydrogen) atoms.